The number of halogens is 2. The van der Waals surface area contributed by atoms with Gasteiger partial charge in [-0.3, -0.25) is 4.79 Å². The van der Waals surface area contributed by atoms with Gasteiger partial charge in [-0.05, 0) is 32.0 Å². The van der Waals surface area contributed by atoms with E-state index in [1.165, 1.54) is 18.2 Å². The van der Waals surface area contributed by atoms with Gasteiger partial charge >= 0.3 is 6.61 Å². The minimum atomic E-state index is -2.90. The molecule has 0 N–H and O–H groups in total. The molecule has 20 heavy (non-hydrogen) atoms. The summed E-state index contributed by atoms with van der Waals surface area (Å²) in [6, 6.07) is 5.84. The number of carbonyl (C=O) groups is 1. The number of alkyl halides is 2. The Balaban J connectivity index is 2.12. The van der Waals surface area contributed by atoms with Gasteiger partial charge in [0.05, 0.1) is 12.2 Å². The van der Waals surface area contributed by atoms with E-state index in [4.69, 9.17) is 4.74 Å². The van der Waals surface area contributed by atoms with Gasteiger partial charge in [-0.25, -0.2) is 0 Å². The third kappa shape index (κ3) is 3.66. The number of hydrogen-bond donors (Lipinski definition) is 0. The van der Waals surface area contributed by atoms with Gasteiger partial charge in [0.15, 0.2) is 0 Å². The predicted molar refractivity (Wildman–Crippen MR) is 69.0 cm³/mol. The van der Waals surface area contributed by atoms with Crippen molar-refractivity contribution in [1.82, 2.24) is 4.90 Å². The van der Waals surface area contributed by atoms with Gasteiger partial charge in [0.2, 0.25) is 0 Å². The maximum Gasteiger partial charge on any atom is 0.387 e. The van der Waals surface area contributed by atoms with Gasteiger partial charge < -0.3 is 14.4 Å². The lowest BCUT2D eigenvalue weighted by atomic mass is 10.1. The van der Waals surface area contributed by atoms with Crippen molar-refractivity contribution in [2.75, 3.05) is 13.1 Å². The van der Waals surface area contributed by atoms with E-state index in [-0.39, 0.29) is 23.9 Å². The van der Waals surface area contributed by atoms with E-state index < -0.39 is 6.61 Å². The summed E-state index contributed by atoms with van der Waals surface area (Å²) in [5, 5.41) is 0. The van der Waals surface area contributed by atoms with Gasteiger partial charge in [-0.1, -0.05) is 6.07 Å². The van der Waals surface area contributed by atoms with E-state index in [9.17, 15) is 13.6 Å². The maximum absolute atomic E-state index is 12.4. The molecule has 1 aliphatic rings. The van der Waals surface area contributed by atoms with Crippen molar-refractivity contribution in [2.24, 2.45) is 0 Å². The number of rotatable bonds is 3. The molecule has 110 valence electrons. The third-order valence-corrected chi connectivity index (χ3v) is 3.01. The van der Waals surface area contributed by atoms with Crippen molar-refractivity contribution in [1.29, 1.82) is 0 Å². The van der Waals surface area contributed by atoms with Crippen LogP contribution in [0.4, 0.5) is 8.78 Å². The molecule has 0 aromatic heterocycles. The molecule has 1 fully saturated rings. The lowest BCUT2D eigenvalue weighted by Gasteiger charge is -2.35. The predicted octanol–water partition coefficient (Wildman–Crippen LogP) is 2.54. The second-order valence-electron chi connectivity index (χ2n) is 4.87. The second-order valence-corrected chi connectivity index (χ2v) is 4.87. The van der Waals surface area contributed by atoms with Crippen molar-refractivity contribution >= 4 is 5.91 Å². The summed E-state index contributed by atoms with van der Waals surface area (Å²) in [4.78, 5) is 14.0. The topological polar surface area (TPSA) is 38.8 Å². The Morgan fingerprint density at radius 1 is 1.35 bits per heavy atom. The van der Waals surface area contributed by atoms with Crippen molar-refractivity contribution in [3.05, 3.63) is 29.8 Å². The summed E-state index contributed by atoms with van der Waals surface area (Å²) in [5.41, 5.74) is 0.337. The molecule has 4 nitrogen and oxygen atoms in total. The number of amides is 1. The molecular weight excluding hydrogens is 268 g/mol. The smallest absolute Gasteiger partial charge is 0.387 e. The van der Waals surface area contributed by atoms with E-state index in [2.05, 4.69) is 4.74 Å². The molecule has 0 aliphatic carbocycles. The first-order chi connectivity index (χ1) is 9.45. The molecule has 1 aromatic rings. The molecular formula is C14H17F2NO3. The second kappa shape index (κ2) is 6.17. The Hall–Kier alpha value is -1.69. The molecule has 0 spiro atoms. The van der Waals surface area contributed by atoms with Crippen LogP contribution >= 0.6 is 0 Å². The van der Waals surface area contributed by atoms with Crippen LogP contribution in [0.5, 0.6) is 5.75 Å². The zero-order valence-corrected chi connectivity index (χ0v) is 11.4. The van der Waals surface area contributed by atoms with Gasteiger partial charge in [0, 0.05) is 18.7 Å². The SMILES string of the molecule is CC1CN(C(=O)c2cccc(OC(F)F)c2)CC(C)O1. The van der Waals surface area contributed by atoms with Crippen molar-refractivity contribution < 1.29 is 23.0 Å². The van der Waals surface area contributed by atoms with E-state index in [1.807, 2.05) is 13.8 Å². The lowest BCUT2D eigenvalue weighted by Crippen LogP contribution is -2.48. The van der Waals surface area contributed by atoms with Gasteiger partial charge in [0.1, 0.15) is 5.75 Å². The summed E-state index contributed by atoms with van der Waals surface area (Å²) in [5.74, 6) is -0.216. The fraction of sp³-hybridized carbons (Fsp3) is 0.500. The summed E-state index contributed by atoms with van der Waals surface area (Å²) >= 11 is 0. The number of hydrogen-bond acceptors (Lipinski definition) is 3. The summed E-state index contributed by atoms with van der Waals surface area (Å²) < 4.78 is 34.2. The number of nitrogens with zero attached hydrogens (tertiary/aromatic N) is 1. The molecule has 0 bridgehead atoms. The zero-order chi connectivity index (χ0) is 14.7. The minimum absolute atomic E-state index is 0.0137. The van der Waals surface area contributed by atoms with E-state index in [0.29, 0.717) is 18.7 Å². The van der Waals surface area contributed by atoms with Crippen LogP contribution in [0.1, 0.15) is 24.2 Å². The van der Waals surface area contributed by atoms with Crippen LogP contribution in [-0.2, 0) is 4.74 Å². The van der Waals surface area contributed by atoms with Crippen molar-refractivity contribution in [3.63, 3.8) is 0 Å². The summed E-state index contributed by atoms with van der Waals surface area (Å²) in [6.45, 7) is 1.87. The molecule has 0 saturated carbocycles. The number of benzene rings is 1. The molecule has 1 saturated heterocycles. The van der Waals surface area contributed by atoms with Crippen LogP contribution in [-0.4, -0.2) is 42.7 Å². The standard InChI is InChI=1S/C14H17F2NO3/c1-9-7-17(8-10(2)19-9)13(18)11-4-3-5-12(6-11)20-14(15)16/h3-6,9-10,14H,7-8H2,1-2H3. The Labute approximate surface area is 116 Å². The Kier molecular flexibility index (Phi) is 4.54. The lowest BCUT2D eigenvalue weighted by molar-refractivity contribution is -0.0587. The fourth-order valence-corrected chi connectivity index (χ4v) is 2.33. The number of morpholine rings is 1. The van der Waals surface area contributed by atoms with E-state index in [1.54, 1.807) is 11.0 Å². The Bertz CT molecular complexity index is 471. The van der Waals surface area contributed by atoms with Gasteiger partial charge in [-0.15, -0.1) is 0 Å². The largest absolute Gasteiger partial charge is 0.435 e. The maximum atomic E-state index is 12.4. The average Bonchev–Trinajstić information content (AvgIpc) is 2.36. The van der Waals surface area contributed by atoms with Crippen LogP contribution in [0.25, 0.3) is 0 Å². The zero-order valence-electron chi connectivity index (χ0n) is 11.4. The van der Waals surface area contributed by atoms with Crippen molar-refractivity contribution in [3.8, 4) is 5.75 Å². The van der Waals surface area contributed by atoms with E-state index in [0.717, 1.165) is 0 Å². The number of ether oxygens (including phenoxy) is 2. The third-order valence-electron chi connectivity index (χ3n) is 3.01. The highest BCUT2D eigenvalue weighted by molar-refractivity contribution is 5.94. The fourth-order valence-electron chi connectivity index (χ4n) is 2.33. The Morgan fingerprint density at radius 3 is 2.60 bits per heavy atom. The van der Waals surface area contributed by atoms with Crippen LogP contribution in [0.15, 0.2) is 24.3 Å². The Morgan fingerprint density at radius 2 is 2.00 bits per heavy atom. The first kappa shape index (κ1) is 14.7. The van der Waals surface area contributed by atoms with Crippen molar-refractivity contribution in [2.45, 2.75) is 32.7 Å². The minimum Gasteiger partial charge on any atom is -0.435 e. The monoisotopic (exact) mass is 285 g/mol. The highest BCUT2D eigenvalue weighted by Gasteiger charge is 2.26. The van der Waals surface area contributed by atoms with Crippen LogP contribution in [0, 0.1) is 0 Å². The highest BCUT2D eigenvalue weighted by Crippen LogP contribution is 2.19. The molecule has 6 heteroatoms. The highest BCUT2D eigenvalue weighted by atomic mass is 19.3. The summed E-state index contributed by atoms with van der Waals surface area (Å²) in [7, 11) is 0. The van der Waals surface area contributed by atoms with Crippen LogP contribution < -0.4 is 4.74 Å². The molecule has 1 heterocycles. The van der Waals surface area contributed by atoms with E-state index >= 15 is 0 Å². The molecule has 1 aromatic carbocycles. The molecule has 2 unspecified atom stereocenters. The first-order valence-corrected chi connectivity index (χ1v) is 6.45. The number of carbonyl (C=O) groups excluding carboxylic acids is 1. The normalized spacial score (nSPS) is 22.9. The molecule has 2 atom stereocenters. The van der Waals surface area contributed by atoms with Crippen LogP contribution in [0.2, 0.25) is 0 Å². The van der Waals surface area contributed by atoms with Gasteiger partial charge in [0.25, 0.3) is 5.91 Å². The molecule has 1 amide bonds. The molecule has 2 rings (SSSR count). The van der Waals surface area contributed by atoms with Gasteiger partial charge in [-0.2, -0.15) is 8.78 Å². The molecule has 0 radical (unpaired) electrons. The average molecular weight is 285 g/mol. The molecule has 1 aliphatic heterocycles. The first-order valence-electron chi connectivity index (χ1n) is 6.45. The quantitative estimate of drug-likeness (QED) is 0.856. The van der Waals surface area contributed by atoms with Crippen LogP contribution in [0.3, 0.4) is 0 Å². The summed E-state index contributed by atoms with van der Waals surface area (Å²) in [6.07, 6.45) is -0.0774.